The SMILES string of the molecule is C1CNOC1.C=C(Cc1cc(C)cc(Cl)c1)c1ccc(C(C)=O)c(C)c1.CCC(F)F.CCCC. The van der Waals surface area contributed by atoms with Gasteiger partial charge in [-0.1, -0.05) is 76.1 Å². The maximum absolute atomic E-state index is 11.5. The van der Waals surface area contributed by atoms with E-state index in [1.54, 1.807) is 6.92 Å². The zero-order chi connectivity index (χ0) is 26.8. The quantitative estimate of drug-likeness (QED) is 0.395. The van der Waals surface area contributed by atoms with Gasteiger partial charge in [0.25, 0.3) is 0 Å². The minimum Gasteiger partial charge on any atom is -0.302 e. The van der Waals surface area contributed by atoms with E-state index in [4.69, 9.17) is 16.4 Å². The van der Waals surface area contributed by atoms with E-state index in [1.165, 1.54) is 26.2 Å². The van der Waals surface area contributed by atoms with E-state index in [-0.39, 0.29) is 12.2 Å². The topological polar surface area (TPSA) is 38.3 Å². The van der Waals surface area contributed by atoms with Gasteiger partial charge in [0.05, 0.1) is 6.61 Å². The Morgan fingerprint density at radius 3 is 2.11 bits per heavy atom. The van der Waals surface area contributed by atoms with Gasteiger partial charge in [-0.3, -0.25) is 4.79 Å². The van der Waals surface area contributed by atoms with Gasteiger partial charge in [0.15, 0.2) is 5.78 Å². The molecule has 3 nitrogen and oxygen atoms in total. The van der Waals surface area contributed by atoms with Crippen LogP contribution in [0.2, 0.25) is 5.02 Å². The molecular formula is C29H42ClF2NO2. The van der Waals surface area contributed by atoms with Crippen LogP contribution in [0.3, 0.4) is 0 Å². The molecule has 1 N–H and O–H groups in total. The largest absolute Gasteiger partial charge is 0.302 e. The summed E-state index contributed by atoms with van der Waals surface area (Å²) in [5, 5.41) is 0.751. The van der Waals surface area contributed by atoms with Crippen LogP contribution in [0, 0.1) is 13.8 Å². The van der Waals surface area contributed by atoms with Gasteiger partial charge in [0.2, 0.25) is 6.43 Å². The normalized spacial score (nSPS) is 11.9. The first kappa shape index (κ1) is 32.9. The van der Waals surface area contributed by atoms with Crippen molar-refractivity contribution >= 4 is 23.0 Å². The van der Waals surface area contributed by atoms with E-state index in [2.05, 4.69) is 32.0 Å². The molecule has 3 rings (SSSR count). The van der Waals surface area contributed by atoms with Crippen molar-refractivity contribution in [3.8, 4) is 0 Å². The molecule has 1 aliphatic rings. The summed E-state index contributed by atoms with van der Waals surface area (Å²) in [6, 6.07) is 11.9. The number of benzene rings is 2. The van der Waals surface area contributed by atoms with Crippen molar-refractivity contribution < 1.29 is 18.4 Å². The Morgan fingerprint density at radius 2 is 1.74 bits per heavy atom. The number of hydrogen-bond acceptors (Lipinski definition) is 3. The van der Waals surface area contributed by atoms with Crippen LogP contribution in [-0.2, 0) is 11.3 Å². The van der Waals surface area contributed by atoms with Gasteiger partial charge >= 0.3 is 0 Å². The Kier molecular flexibility index (Phi) is 18.0. The summed E-state index contributed by atoms with van der Waals surface area (Å²) in [7, 11) is 0. The first-order chi connectivity index (χ1) is 16.5. The predicted octanol–water partition coefficient (Wildman–Crippen LogP) is 8.79. The third kappa shape index (κ3) is 15.5. The summed E-state index contributed by atoms with van der Waals surface area (Å²) in [5.41, 5.74) is 8.87. The fraction of sp³-hybridized carbons (Fsp3) is 0.483. The van der Waals surface area contributed by atoms with Crippen LogP contribution < -0.4 is 5.48 Å². The first-order valence-electron chi connectivity index (χ1n) is 12.2. The number of carbonyl (C=O) groups excluding carboxylic acids is 1. The molecule has 1 heterocycles. The number of ketones is 1. The number of alkyl halides is 2. The van der Waals surface area contributed by atoms with Gasteiger partial charge in [-0.05, 0) is 73.6 Å². The van der Waals surface area contributed by atoms with Crippen molar-refractivity contribution in [1.82, 2.24) is 5.48 Å². The molecule has 6 heteroatoms. The molecule has 0 radical (unpaired) electrons. The number of nitrogens with one attached hydrogen (secondary N) is 1. The van der Waals surface area contributed by atoms with E-state index >= 15 is 0 Å². The molecule has 0 aliphatic carbocycles. The van der Waals surface area contributed by atoms with E-state index in [0.29, 0.717) is 0 Å². The summed E-state index contributed by atoms with van der Waals surface area (Å²) >= 11 is 6.09. The number of aryl methyl sites for hydroxylation is 2. The van der Waals surface area contributed by atoms with Crippen LogP contribution in [0.25, 0.3) is 5.57 Å². The average Bonchev–Trinajstić information content (AvgIpc) is 3.39. The third-order valence-electron chi connectivity index (χ3n) is 4.97. The smallest absolute Gasteiger partial charge is 0.238 e. The monoisotopic (exact) mass is 509 g/mol. The number of carbonyl (C=O) groups is 1. The van der Waals surface area contributed by atoms with E-state index < -0.39 is 6.43 Å². The van der Waals surface area contributed by atoms with Crippen molar-refractivity contribution in [1.29, 1.82) is 0 Å². The second kappa shape index (κ2) is 19.1. The number of unbranched alkanes of at least 4 members (excludes halogenated alkanes) is 1. The Bertz CT molecular complexity index is 866. The molecule has 0 atom stereocenters. The van der Waals surface area contributed by atoms with Crippen LogP contribution in [0.5, 0.6) is 0 Å². The van der Waals surface area contributed by atoms with E-state index in [0.717, 1.165) is 58.0 Å². The van der Waals surface area contributed by atoms with Crippen molar-refractivity contribution in [2.75, 3.05) is 13.2 Å². The fourth-order valence-electron chi connectivity index (χ4n) is 2.90. The van der Waals surface area contributed by atoms with Crippen molar-refractivity contribution in [2.24, 2.45) is 0 Å². The standard InChI is InChI=1S/C19H19ClO.C4H10.C3H6F2.C3H7NO/c1-12-7-16(11-18(20)8-12)9-13(2)17-5-6-19(15(4)21)14(3)10-17;1-3-4-2;1-2-3(4)5;1-2-4-5-3-1/h5-8,10-11H,2,9H2,1,3-4H3;3-4H2,1-2H3;3H,2H2,1H3;4H,1-3H2. The Labute approximate surface area is 215 Å². The van der Waals surface area contributed by atoms with Gasteiger partial charge in [-0.15, -0.1) is 0 Å². The Hall–Kier alpha value is -2.08. The third-order valence-corrected chi connectivity index (χ3v) is 5.19. The summed E-state index contributed by atoms with van der Waals surface area (Å²) in [6.45, 7) is 17.5. The minimum absolute atomic E-state index is 0.0278. The molecule has 0 aromatic heterocycles. The summed E-state index contributed by atoms with van der Waals surface area (Å²) in [6.07, 6.45) is 2.41. The highest BCUT2D eigenvalue weighted by Crippen LogP contribution is 2.23. The zero-order valence-corrected chi connectivity index (χ0v) is 22.9. The molecule has 196 valence electrons. The molecular weight excluding hydrogens is 468 g/mol. The van der Waals surface area contributed by atoms with Gasteiger partial charge in [0, 0.05) is 23.6 Å². The highest BCUT2D eigenvalue weighted by Gasteiger charge is 2.07. The van der Waals surface area contributed by atoms with Gasteiger partial charge < -0.3 is 4.84 Å². The molecule has 0 bridgehead atoms. The Balaban J connectivity index is 0.000000669. The fourth-order valence-corrected chi connectivity index (χ4v) is 3.21. The maximum atomic E-state index is 11.5. The van der Waals surface area contributed by atoms with Crippen LogP contribution in [-0.4, -0.2) is 25.4 Å². The predicted molar refractivity (Wildman–Crippen MR) is 146 cm³/mol. The molecule has 0 amide bonds. The first-order valence-corrected chi connectivity index (χ1v) is 12.6. The van der Waals surface area contributed by atoms with E-state index in [9.17, 15) is 13.6 Å². The molecule has 0 unspecified atom stereocenters. The number of hydroxylamine groups is 1. The van der Waals surface area contributed by atoms with E-state index in [1.807, 2.05) is 44.2 Å². The Morgan fingerprint density at radius 1 is 1.11 bits per heavy atom. The minimum atomic E-state index is -2.12. The van der Waals surface area contributed by atoms with Crippen molar-refractivity contribution in [3.05, 3.63) is 75.8 Å². The lowest BCUT2D eigenvalue weighted by atomic mass is 9.95. The number of rotatable bonds is 6. The van der Waals surface area contributed by atoms with Crippen LogP contribution in [0.4, 0.5) is 8.78 Å². The van der Waals surface area contributed by atoms with Gasteiger partial charge in [-0.2, -0.15) is 0 Å². The number of allylic oxidation sites excluding steroid dienone is 1. The zero-order valence-electron chi connectivity index (χ0n) is 22.1. The van der Waals surface area contributed by atoms with Crippen molar-refractivity contribution in [3.63, 3.8) is 0 Å². The lowest BCUT2D eigenvalue weighted by molar-refractivity contribution is 0.101. The molecule has 1 aliphatic heterocycles. The average molecular weight is 510 g/mol. The molecule has 2 aromatic carbocycles. The van der Waals surface area contributed by atoms with Gasteiger partial charge in [0.1, 0.15) is 0 Å². The molecule has 1 fully saturated rings. The highest BCUT2D eigenvalue weighted by atomic mass is 35.5. The lowest BCUT2D eigenvalue weighted by Crippen LogP contribution is -2.01. The summed E-state index contributed by atoms with van der Waals surface area (Å²) in [5.74, 6) is 0.0927. The number of halogens is 3. The summed E-state index contributed by atoms with van der Waals surface area (Å²) in [4.78, 5) is 16.2. The van der Waals surface area contributed by atoms with Crippen LogP contribution in [0.1, 0.15) is 86.0 Å². The summed E-state index contributed by atoms with van der Waals surface area (Å²) < 4.78 is 21.5. The molecule has 0 saturated carbocycles. The van der Waals surface area contributed by atoms with Crippen LogP contribution in [0.15, 0.2) is 43.0 Å². The maximum Gasteiger partial charge on any atom is 0.238 e. The van der Waals surface area contributed by atoms with Crippen LogP contribution >= 0.6 is 11.6 Å². The molecule has 0 spiro atoms. The highest BCUT2D eigenvalue weighted by molar-refractivity contribution is 6.30. The lowest BCUT2D eigenvalue weighted by Gasteiger charge is -2.10. The van der Waals surface area contributed by atoms with Crippen molar-refractivity contribution in [2.45, 2.75) is 80.1 Å². The number of hydrogen-bond donors (Lipinski definition) is 1. The molecule has 2 aromatic rings. The van der Waals surface area contributed by atoms with Gasteiger partial charge in [-0.25, -0.2) is 14.3 Å². The number of Topliss-reactive ketones (excluding diaryl/α,β-unsaturated/α-hetero) is 1. The molecule has 35 heavy (non-hydrogen) atoms. The second-order valence-electron chi connectivity index (χ2n) is 8.40. The second-order valence-corrected chi connectivity index (χ2v) is 8.84. The molecule has 1 saturated heterocycles.